The molecule has 1 atom stereocenters. The zero-order valence-corrected chi connectivity index (χ0v) is 19.7. The molecule has 0 radical (unpaired) electrons. The molecule has 1 N–H and O–H groups in total. The van der Waals surface area contributed by atoms with Gasteiger partial charge in [0.25, 0.3) is 0 Å². The third kappa shape index (κ3) is 5.03. The Bertz CT molecular complexity index is 931. The van der Waals surface area contributed by atoms with Gasteiger partial charge in [-0.2, -0.15) is 0 Å². The van der Waals surface area contributed by atoms with Crippen molar-refractivity contribution in [2.75, 3.05) is 41.5 Å². The van der Waals surface area contributed by atoms with Gasteiger partial charge in [0.15, 0.2) is 23.0 Å². The number of urea groups is 1. The quantitative estimate of drug-likeness (QED) is 0.624. The molecule has 0 aromatic heterocycles. The summed E-state index contributed by atoms with van der Waals surface area (Å²) in [6, 6.07) is 9.87. The Hall–Kier alpha value is -3.09. The number of nitrogens with zero attached hydrogens (tertiary/aromatic N) is 1. The van der Waals surface area contributed by atoms with E-state index >= 15 is 0 Å². The Morgan fingerprint density at radius 3 is 2.28 bits per heavy atom. The lowest BCUT2D eigenvalue weighted by Crippen LogP contribution is -2.46. The van der Waals surface area contributed by atoms with Gasteiger partial charge >= 0.3 is 6.03 Å². The molecule has 0 bridgehead atoms. The summed E-state index contributed by atoms with van der Waals surface area (Å²) in [7, 11) is 6.53. The Morgan fingerprint density at radius 1 is 0.969 bits per heavy atom. The lowest BCUT2D eigenvalue weighted by molar-refractivity contribution is 0.164. The zero-order chi connectivity index (χ0) is 23.1. The van der Waals surface area contributed by atoms with Gasteiger partial charge in [0.05, 0.1) is 34.5 Å². The zero-order valence-electron chi connectivity index (χ0n) is 19.7. The summed E-state index contributed by atoms with van der Waals surface area (Å²) in [6.45, 7) is 3.36. The number of carbonyl (C=O) groups is 1. The largest absolute Gasteiger partial charge is 0.493 e. The first-order chi connectivity index (χ1) is 15.6. The second-order valence-corrected chi connectivity index (χ2v) is 7.83. The van der Waals surface area contributed by atoms with Crippen LogP contribution in [0, 0.1) is 0 Å². The maximum atomic E-state index is 13.1. The predicted octanol–water partition coefficient (Wildman–Crippen LogP) is 4.37. The maximum Gasteiger partial charge on any atom is 0.317 e. The number of benzene rings is 2. The topological polar surface area (TPSA) is 69.3 Å². The average Bonchev–Trinajstić information content (AvgIpc) is 2.83. The minimum atomic E-state index is -0.0376. The van der Waals surface area contributed by atoms with Crippen LogP contribution in [-0.2, 0) is 12.8 Å². The number of rotatable bonds is 9. The lowest BCUT2D eigenvalue weighted by Gasteiger charge is -2.37. The van der Waals surface area contributed by atoms with Crippen molar-refractivity contribution in [1.82, 2.24) is 10.2 Å². The number of amides is 2. The Labute approximate surface area is 190 Å². The van der Waals surface area contributed by atoms with Crippen molar-refractivity contribution >= 4 is 6.03 Å². The van der Waals surface area contributed by atoms with E-state index in [9.17, 15) is 4.79 Å². The molecule has 1 aliphatic heterocycles. The second-order valence-electron chi connectivity index (χ2n) is 7.83. The van der Waals surface area contributed by atoms with Crippen LogP contribution in [0.1, 0.15) is 42.5 Å². The van der Waals surface area contributed by atoms with Gasteiger partial charge in [-0.15, -0.1) is 0 Å². The molecule has 0 saturated carbocycles. The highest BCUT2D eigenvalue weighted by atomic mass is 16.5. The van der Waals surface area contributed by atoms with Crippen LogP contribution in [0.4, 0.5) is 4.79 Å². The molecule has 2 aromatic carbocycles. The molecule has 2 aromatic rings. The fraction of sp³-hybridized carbons (Fsp3) is 0.480. The van der Waals surface area contributed by atoms with Crippen LogP contribution in [0.3, 0.4) is 0 Å². The predicted molar refractivity (Wildman–Crippen MR) is 124 cm³/mol. The number of carbonyl (C=O) groups excluding carboxylic acids is 1. The first-order valence-electron chi connectivity index (χ1n) is 11.1. The van der Waals surface area contributed by atoms with E-state index in [1.165, 1.54) is 5.56 Å². The summed E-state index contributed by atoms with van der Waals surface area (Å²) < 4.78 is 21.6. The van der Waals surface area contributed by atoms with E-state index in [2.05, 4.69) is 12.2 Å². The van der Waals surface area contributed by atoms with Crippen LogP contribution in [0.2, 0.25) is 0 Å². The van der Waals surface area contributed by atoms with Gasteiger partial charge in [0.2, 0.25) is 0 Å². The van der Waals surface area contributed by atoms with Crippen LogP contribution >= 0.6 is 0 Å². The van der Waals surface area contributed by atoms with Crippen molar-refractivity contribution in [3.05, 3.63) is 47.0 Å². The molecule has 7 heteroatoms. The molecule has 1 aliphatic rings. The van der Waals surface area contributed by atoms with Gasteiger partial charge in [-0.1, -0.05) is 19.4 Å². The van der Waals surface area contributed by atoms with Crippen LogP contribution in [0.15, 0.2) is 30.3 Å². The van der Waals surface area contributed by atoms with E-state index in [1.807, 2.05) is 35.2 Å². The van der Waals surface area contributed by atoms with Gasteiger partial charge in [-0.25, -0.2) is 4.79 Å². The van der Waals surface area contributed by atoms with Gasteiger partial charge < -0.3 is 29.2 Å². The normalized spacial score (nSPS) is 15.0. The fourth-order valence-electron chi connectivity index (χ4n) is 4.31. The average molecular weight is 443 g/mol. The number of fused-ring (bicyclic) bond motifs is 1. The molecule has 7 nitrogen and oxygen atoms in total. The number of hydrogen-bond acceptors (Lipinski definition) is 5. The Morgan fingerprint density at radius 2 is 1.62 bits per heavy atom. The molecule has 32 heavy (non-hydrogen) atoms. The van der Waals surface area contributed by atoms with E-state index < -0.39 is 0 Å². The molecule has 0 spiro atoms. The van der Waals surface area contributed by atoms with Crippen LogP contribution < -0.4 is 24.3 Å². The van der Waals surface area contributed by atoms with Crippen molar-refractivity contribution in [2.24, 2.45) is 0 Å². The molecule has 0 aliphatic carbocycles. The summed E-state index contributed by atoms with van der Waals surface area (Å²) in [5.74, 6) is 2.82. The van der Waals surface area contributed by atoms with E-state index in [1.54, 1.807) is 28.4 Å². The monoisotopic (exact) mass is 442 g/mol. The fourth-order valence-corrected chi connectivity index (χ4v) is 4.31. The van der Waals surface area contributed by atoms with Gasteiger partial charge in [-0.3, -0.25) is 0 Å². The molecule has 2 amide bonds. The summed E-state index contributed by atoms with van der Waals surface area (Å²) in [5, 5.41) is 3.10. The van der Waals surface area contributed by atoms with Crippen molar-refractivity contribution in [2.45, 2.75) is 38.6 Å². The maximum absolute atomic E-state index is 13.1. The highest BCUT2D eigenvalue weighted by Crippen LogP contribution is 2.39. The van der Waals surface area contributed by atoms with Crippen LogP contribution in [0.5, 0.6) is 23.0 Å². The first-order valence-corrected chi connectivity index (χ1v) is 11.1. The van der Waals surface area contributed by atoms with E-state index in [4.69, 9.17) is 18.9 Å². The van der Waals surface area contributed by atoms with E-state index in [0.717, 1.165) is 36.1 Å². The number of ether oxygens (including phenoxy) is 4. The van der Waals surface area contributed by atoms with Gasteiger partial charge in [-0.05, 0) is 60.2 Å². The van der Waals surface area contributed by atoms with Gasteiger partial charge in [0.1, 0.15) is 0 Å². The van der Waals surface area contributed by atoms with Crippen molar-refractivity contribution in [3.8, 4) is 23.0 Å². The molecule has 174 valence electrons. The summed E-state index contributed by atoms with van der Waals surface area (Å²) in [4.78, 5) is 15.0. The molecule has 0 saturated heterocycles. The SMILES string of the molecule is CCC[C@@H]1c2cc(OC)c(OC)cc2CCN1C(=O)NCCc1ccc(OC)c(OC)c1. The molecule has 0 fully saturated rings. The molecular weight excluding hydrogens is 408 g/mol. The lowest BCUT2D eigenvalue weighted by atomic mass is 9.89. The van der Waals surface area contributed by atoms with E-state index in [-0.39, 0.29) is 12.1 Å². The summed E-state index contributed by atoms with van der Waals surface area (Å²) in [6.07, 6.45) is 3.37. The van der Waals surface area contributed by atoms with Crippen LogP contribution in [0.25, 0.3) is 0 Å². The molecule has 1 heterocycles. The third-order valence-electron chi connectivity index (χ3n) is 5.96. The van der Waals surface area contributed by atoms with Crippen LogP contribution in [-0.4, -0.2) is 52.5 Å². The van der Waals surface area contributed by atoms with E-state index in [0.29, 0.717) is 36.8 Å². The van der Waals surface area contributed by atoms with Crippen molar-refractivity contribution in [3.63, 3.8) is 0 Å². The number of methoxy groups -OCH3 is 4. The van der Waals surface area contributed by atoms with Crippen molar-refractivity contribution < 1.29 is 23.7 Å². The Kier molecular flexibility index (Phi) is 8.09. The highest BCUT2D eigenvalue weighted by molar-refractivity contribution is 5.75. The summed E-state index contributed by atoms with van der Waals surface area (Å²) >= 11 is 0. The standard InChI is InChI=1S/C25H34N2O5/c1-6-7-20-19-16-24(32-5)23(31-4)15-18(19)11-13-27(20)25(28)26-12-10-17-8-9-21(29-2)22(14-17)30-3/h8-9,14-16,20H,6-7,10-13H2,1-5H3,(H,26,28)/t20-/m1/s1. The first kappa shape index (κ1) is 23.6. The minimum absolute atomic E-state index is 0.0182. The second kappa shape index (κ2) is 11.0. The molecule has 0 unspecified atom stereocenters. The smallest absolute Gasteiger partial charge is 0.317 e. The number of hydrogen-bond donors (Lipinski definition) is 1. The number of nitrogens with one attached hydrogen (secondary N) is 1. The van der Waals surface area contributed by atoms with Crippen molar-refractivity contribution in [1.29, 1.82) is 0 Å². The molecular formula is C25H34N2O5. The minimum Gasteiger partial charge on any atom is -0.493 e. The third-order valence-corrected chi connectivity index (χ3v) is 5.96. The highest BCUT2D eigenvalue weighted by Gasteiger charge is 2.31. The molecule has 3 rings (SSSR count). The Balaban J connectivity index is 1.70. The summed E-state index contributed by atoms with van der Waals surface area (Å²) in [5.41, 5.74) is 3.44. The van der Waals surface area contributed by atoms with Gasteiger partial charge in [0, 0.05) is 13.1 Å².